The molecule has 3 aliphatic rings. The summed E-state index contributed by atoms with van der Waals surface area (Å²) >= 11 is 0. The molecule has 1 aromatic heterocycles. The Hall–Kier alpha value is -5.02. The minimum Gasteiger partial charge on any atom is -0.469 e. The number of hydrogen-bond donors (Lipinski definition) is 7. The van der Waals surface area contributed by atoms with Gasteiger partial charge >= 0.3 is 0 Å². The molecule has 49 heavy (non-hydrogen) atoms. The lowest BCUT2D eigenvalue weighted by Gasteiger charge is -2.29. The van der Waals surface area contributed by atoms with Gasteiger partial charge in [-0.05, 0) is 48.9 Å². The maximum atomic E-state index is 13.5. The summed E-state index contributed by atoms with van der Waals surface area (Å²) in [6.07, 6.45) is 5.77. The number of carbonyl (C=O) groups is 6. The summed E-state index contributed by atoms with van der Waals surface area (Å²) in [7, 11) is 0. The fourth-order valence-corrected chi connectivity index (χ4v) is 5.68. The van der Waals surface area contributed by atoms with Gasteiger partial charge in [0.25, 0.3) is 0 Å². The van der Waals surface area contributed by atoms with Crippen LogP contribution in [0.15, 0.2) is 59.2 Å². The smallest absolute Gasteiger partial charge is 0.244 e. The van der Waals surface area contributed by atoms with Gasteiger partial charge in [-0.3, -0.25) is 28.8 Å². The highest BCUT2D eigenvalue weighted by atomic mass is 16.5. The molecule has 3 heterocycles. The zero-order valence-corrected chi connectivity index (χ0v) is 27.3. The summed E-state index contributed by atoms with van der Waals surface area (Å²) in [6, 6.07) is 8.24. The Bertz CT molecular complexity index is 1470. The standard InChI is InChI=1S/C34H45N7O8/c35-13-16-48-17-14-36-34(47)28-21-37-29(42)11-12-30(43)39-25-9-7-22(8-10-25)32(45)41-27(19-26-6-3-15-49-26)33(46)38-20-24-5-2-1-4-23(24)18-31(44)40-28/h1-6,11-12,15,22,25,27-28H,7-10,13-14,16-21,35H2,(H,36,47)(H,37,42)(H,38,46)(H,39,43)(H,40,44)(H,41,45)/b12-11+/t22?,25?,27-,28-/m0/s1. The number of ether oxygens (including phenoxy) is 1. The van der Waals surface area contributed by atoms with Crippen LogP contribution in [0.1, 0.15) is 42.6 Å². The fourth-order valence-electron chi connectivity index (χ4n) is 5.68. The molecule has 0 spiro atoms. The fraction of sp³-hybridized carbons (Fsp3) is 0.471. The molecule has 264 valence electrons. The van der Waals surface area contributed by atoms with E-state index in [1.54, 1.807) is 36.4 Å². The van der Waals surface area contributed by atoms with Gasteiger partial charge in [0.1, 0.15) is 17.8 Å². The molecule has 5 rings (SSSR count). The summed E-state index contributed by atoms with van der Waals surface area (Å²) in [5.41, 5.74) is 6.69. The summed E-state index contributed by atoms with van der Waals surface area (Å²) in [5, 5.41) is 16.5. The number of rotatable bonds is 8. The molecule has 0 saturated heterocycles. The second-order valence-electron chi connectivity index (χ2n) is 12.0. The quantitative estimate of drug-likeness (QED) is 0.172. The molecular formula is C34H45N7O8. The number of hydrogen-bond acceptors (Lipinski definition) is 9. The van der Waals surface area contributed by atoms with Crippen LogP contribution >= 0.6 is 0 Å². The van der Waals surface area contributed by atoms with Crippen molar-refractivity contribution in [3.63, 3.8) is 0 Å². The Morgan fingerprint density at radius 1 is 0.857 bits per heavy atom. The van der Waals surface area contributed by atoms with E-state index in [9.17, 15) is 28.8 Å². The van der Waals surface area contributed by atoms with Crippen molar-refractivity contribution < 1.29 is 37.9 Å². The first kappa shape index (κ1) is 36.8. The van der Waals surface area contributed by atoms with E-state index in [1.165, 1.54) is 6.26 Å². The Balaban J connectivity index is 1.52. The molecule has 1 aliphatic carbocycles. The Morgan fingerprint density at radius 2 is 1.61 bits per heavy atom. The van der Waals surface area contributed by atoms with E-state index >= 15 is 0 Å². The summed E-state index contributed by atoms with van der Waals surface area (Å²) in [4.78, 5) is 78.1. The molecule has 2 atom stereocenters. The number of nitrogens with two attached hydrogens (primary N) is 1. The second kappa shape index (κ2) is 19.1. The predicted molar refractivity (Wildman–Crippen MR) is 177 cm³/mol. The highest BCUT2D eigenvalue weighted by molar-refractivity contribution is 5.97. The predicted octanol–water partition coefficient (Wildman–Crippen LogP) is -0.897. The highest BCUT2D eigenvalue weighted by Gasteiger charge is 2.31. The van der Waals surface area contributed by atoms with E-state index in [1.807, 2.05) is 0 Å². The first-order valence-electron chi connectivity index (χ1n) is 16.5. The SMILES string of the molecule is NCCOCCNC(=O)[C@@H]1CNC(=O)/C=C/C(=O)NC2CCC(CC2)C(=O)N[C@@H](Cc2ccco2)C(=O)NCc2ccccc2CC(=O)N1. The summed E-state index contributed by atoms with van der Waals surface area (Å²) in [6.45, 7) is 0.856. The van der Waals surface area contributed by atoms with E-state index < -0.39 is 41.6 Å². The van der Waals surface area contributed by atoms with Crippen molar-refractivity contribution >= 4 is 35.4 Å². The summed E-state index contributed by atoms with van der Waals surface area (Å²) in [5.74, 6) is -2.64. The third kappa shape index (κ3) is 12.2. The lowest BCUT2D eigenvalue weighted by Crippen LogP contribution is -2.53. The number of nitrogens with one attached hydrogen (secondary N) is 6. The van der Waals surface area contributed by atoms with Crippen LogP contribution in [0.3, 0.4) is 0 Å². The van der Waals surface area contributed by atoms with Gasteiger partial charge in [-0.15, -0.1) is 0 Å². The van der Waals surface area contributed by atoms with Gasteiger partial charge in [0, 0.05) is 56.7 Å². The molecule has 15 nitrogen and oxygen atoms in total. The Morgan fingerprint density at radius 3 is 2.35 bits per heavy atom. The van der Waals surface area contributed by atoms with Crippen molar-refractivity contribution in [2.24, 2.45) is 11.7 Å². The first-order valence-corrected chi connectivity index (χ1v) is 16.5. The van der Waals surface area contributed by atoms with E-state index in [0.29, 0.717) is 55.7 Å². The molecule has 6 amide bonds. The number of benzene rings is 1. The van der Waals surface area contributed by atoms with Crippen LogP contribution in [0.4, 0.5) is 0 Å². The van der Waals surface area contributed by atoms with Crippen LogP contribution in [-0.4, -0.2) is 86.4 Å². The van der Waals surface area contributed by atoms with Crippen LogP contribution < -0.4 is 37.6 Å². The number of carbonyl (C=O) groups excluding carboxylic acids is 6. The van der Waals surface area contributed by atoms with Crippen molar-refractivity contribution in [1.29, 1.82) is 0 Å². The van der Waals surface area contributed by atoms with Gasteiger partial charge in [-0.1, -0.05) is 24.3 Å². The van der Waals surface area contributed by atoms with Crippen LogP contribution in [0.25, 0.3) is 0 Å². The van der Waals surface area contributed by atoms with Gasteiger partial charge < -0.3 is 46.8 Å². The second-order valence-corrected chi connectivity index (χ2v) is 12.0. The molecular weight excluding hydrogens is 634 g/mol. The Labute approximate surface area is 284 Å². The van der Waals surface area contributed by atoms with Crippen molar-refractivity contribution in [3.05, 3.63) is 71.7 Å². The first-order chi connectivity index (χ1) is 23.7. The van der Waals surface area contributed by atoms with Crippen LogP contribution in [0, 0.1) is 5.92 Å². The van der Waals surface area contributed by atoms with Gasteiger partial charge in [0.15, 0.2) is 0 Å². The zero-order valence-electron chi connectivity index (χ0n) is 27.3. The van der Waals surface area contributed by atoms with Gasteiger partial charge in [-0.25, -0.2) is 0 Å². The lowest BCUT2D eigenvalue weighted by atomic mass is 9.85. The van der Waals surface area contributed by atoms with Crippen LogP contribution in [0.2, 0.25) is 0 Å². The van der Waals surface area contributed by atoms with E-state index in [-0.39, 0.29) is 56.9 Å². The maximum Gasteiger partial charge on any atom is 0.244 e. The molecule has 1 saturated carbocycles. The topological polar surface area (TPSA) is 223 Å². The number of amides is 6. The normalized spacial score (nSPS) is 23.6. The summed E-state index contributed by atoms with van der Waals surface area (Å²) < 4.78 is 10.7. The molecule has 2 aliphatic heterocycles. The van der Waals surface area contributed by atoms with Crippen molar-refractivity contribution in [2.75, 3.05) is 32.8 Å². The molecule has 0 unspecified atom stereocenters. The van der Waals surface area contributed by atoms with Crippen LogP contribution in [0.5, 0.6) is 0 Å². The van der Waals surface area contributed by atoms with Crippen molar-refractivity contribution in [1.82, 2.24) is 31.9 Å². The molecule has 8 N–H and O–H groups in total. The van der Waals surface area contributed by atoms with Crippen molar-refractivity contribution in [3.8, 4) is 0 Å². The number of fused-ring (bicyclic) bond motifs is 16. The molecule has 15 heteroatoms. The lowest BCUT2D eigenvalue weighted by molar-refractivity contribution is -0.132. The molecule has 0 radical (unpaired) electrons. The largest absolute Gasteiger partial charge is 0.469 e. The molecule has 1 fully saturated rings. The Kier molecular flexibility index (Phi) is 14.3. The third-order valence-electron chi connectivity index (χ3n) is 8.31. The minimum atomic E-state index is -1.14. The molecule has 2 aromatic rings. The van der Waals surface area contributed by atoms with Crippen LogP contribution in [-0.2, 0) is 52.9 Å². The van der Waals surface area contributed by atoms with E-state index in [0.717, 1.165) is 12.2 Å². The van der Waals surface area contributed by atoms with Crippen molar-refractivity contribution in [2.45, 2.75) is 63.2 Å². The monoisotopic (exact) mass is 679 g/mol. The zero-order chi connectivity index (χ0) is 35.0. The average molecular weight is 680 g/mol. The number of furan rings is 1. The minimum absolute atomic E-state index is 0.0761. The molecule has 1 aromatic carbocycles. The van der Waals surface area contributed by atoms with E-state index in [4.69, 9.17) is 14.9 Å². The van der Waals surface area contributed by atoms with Gasteiger partial charge in [-0.2, -0.15) is 0 Å². The van der Waals surface area contributed by atoms with Gasteiger partial charge in [0.05, 0.1) is 25.9 Å². The van der Waals surface area contributed by atoms with E-state index in [2.05, 4.69) is 31.9 Å². The van der Waals surface area contributed by atoms with Gasteiger partial charge in [0.2, 0.25) is 35.4 Å². The average Bonchev–Trinajstić information content (AvgIpc) is 3.61. The third-order valence-corrected chi connectivity index (χ3v) is 8.31. The molecule has 2 bridgehead atoms. The highest BCUT2D eigenvalue weighted by Crippen LogP contribution is 2.25. The maximum absolute atomic E-state index is 13.5.